The van der Waals surface area contributed by atoms with Crippen molar-refractivity contribution in [2.75, 3.05) is 12.3 Å². The van der Waals surface area contributed by atoms with Crippen LogP contribution in [0, 0.1) is 0 Å². The minimum Gasteiger partial charge on any atom is -0.399 e. The van der Waals surface area contributed by atoms with E-state index < -0.39 is 0 Å². The zero-order valence-corrected chi connectivity index (χ0v) is 15.4. The van der Waals surface area contributed by atoms with Gasteiger partial charge in [-0.05, 0) is 48.5 Å². The summed E-state index contributed by atoms with van der Waals surface area (Å²) < 4.78 is 0. The Morgan fingerprint density at radius 1 is 0.964 bits per heavy atom. The Kier molecular flexibility index (Phi) is 4.18. The summed E-state index contributed by atoms with van der Waals surface area (Å²) >= 11 is 0. The molecule has 0 saturated heterocycles. The molecule has 0 amide bonds. The molecule has 2 N–H and O–H groups in total. The van der Waals surface area contributed by atoms with Gasteiger partial charge in [0.1, 0.15) is 0 Å². The Morgan fingerprint density at radius 2 is 1.86 bits per heavy atom. The van der Waals surface area contributed by atoms with E-state index in [1.807, 2.05) is 42.6 Å². The molecule has 0 spiro atoms. The number of nitrogens with two attached hydrogens (primary N) is 1. The fourth-order valence-electron chi connectivity index (χ4n) is 3.59. The molecule has 4 aromatic rings. The molecule has 1 aliphatic heterocycles. The van der Waals surface area contributed by atoms with Gasteiger partial charge in [-0.15, -0.1) is 0 Å². The van der Waals surface area contributed by atoms with Gasteiger partial charge in [-0.25, -0.2) is 19.9 Å². The first kappa shape index (κ1) is 16.8. The Labute approximate surface area is 163 Å². The van der Waals surface area contributed by atoms with Crippen molar-refractivity contribution in [3.05, 3.63) is 77.9 Å². The smallest absolute Gasteiger partial charge is 0.159 e. The Hall–Kier alpha value is -3.38. The van der Waals surface area contributed by atoms with Gasteiger partial charge in [0.25, 0.3) is 0 Å². The van der Waals surface area contributed by atoms with E-state index in [-0.39, 0.29) is 0 Å². The highest BCUT2D eigenvalue weighted by atomic mass is 15.1. The maximum absolute atomic E-state index is 5.77. The van der Waals surface area contributed by atoms with E-state index in [2.05, 4.69) is 27.0 Å². The van der Waals surface area contributed by atoms with Crippen LogP contribution in [0.15, 0.2) is 60.9 Å². The first-order valence-corrected chi connectivity index (χ1v) is 9.38. The molecule has 28 heavy (non-hydrogen) atoms. The number of anilines is 1. The first-order valence-electron chi connectivity index (χ1n) is 9.38. The lowest BCUT2D eigenvalue weighted by Gasteiger charge is -2.27. The van der Waals surface area contributed by atoms with Crippen LogP contribution in [0.5, 0.6) is 0 Å². The predicted molar refractivity (Wildman–Crippen MR) is 109 cm³/mol. The number of aromatic nitrogens is 4. The maximum atomic E-state index is 5.77. The van der Waals surface area contributed by atoms with Gasteiger partial charge in [0.2, 0.25) is 0 Å². The van der Waals surface area contributed by atoms with Crippen LogP contribution in [-0.2, 0) is 19.5 Å². The summed E-state index contributed by atoms with van der Waals surface area (Å²) in [6.07, 6.45) is 4.65. The highest BCUT2D eigenvalue weighted by molar-refractivity contribution is 5.74. The second-order valence-corrected chi connectivity index (χ2v) is 7.10. The molecular formula is C22H20N6. The maximum Gasteiger partial charge on any atom is 0.159 e. The SMILES string of the molecule is Nc1ccc(-c2ncc3c(n2)CCN(Cc2ccc4cccnc4n2)C3)cc1. The van der Waals surface area contributed by atoms with E-state index >= 15 is 0 Å². The summed E-state index contributed by atoms with van der Waals surface area (Å²) in [5.74, 6) is 0.759. The molecular weight excluding hydrogens is 348 g/mol. The molecule has 0 fully saturated rings. The molecule has 3 aromatic heterocycles. The average Bonchev–Trinajstić information content (AvgIpc) is 2.74. The van der Waals surface area contributed by atoms with E-state index in [1.54, 1.807) is 6.20 Å². The Morgan fingerprint density at radius 3 is 2.75 bits per heavy atom. The number of nitrogen functional groups attached to an aromatic ring is 1. The van der Waals surface area contributed by atoms with Gasteiger partial charge < -0.3 is 5.73 Å². The van der Waals surface area contributed by atoms with Crippen LogP contribution < -0.4 is 5.73 Å². The molecule has 0 aliphatic carbocycles. The van der Waals surface area contributed by atoms with Crippen LogP contribution in [0.1, 0.15) is 17.0 Å². The predicted octanol–water partition coefficient (Wildman–Crippen LogP) is 3.23. The lowest BCUT2D eigenvalue weighted by molar-refractivity contribution is 0.240. The highest BCUT2D eigenvalue weighted by Gasteiger charge is 2.19. The summed E-state index contributed by atoms with van der Waals surface area (Å²) in [5.41, 5.74) is 11.7. The second-order valence-electron chi connectivity index (χ2n) is 7.10. The van der Waals surface area contributed by atoms with Gasteiger partial charge in [-0.2, -0.15) is 0 Å². The average molecular weight is 368 g/mol. The molecule has 0 radical (unpaired) electrons. The fourth-order valence-corrected chi connectivity index (χ4v) is 3.59. The topological polar surface area (TPSA) is 80.8 Å². The molecule has 1 aromatic carbocycles. The van der Waals surface area contributed by atoms with Crippen molar-refractivity contribution in [1.82, 2.24) is 24.8 Å². The Bertz CT molecular complexity index is 1140. The number of hydrogen-bond donors (Lipinski definition) is 1. The van der Waals surface area contributed by atoms with Crippen LogP contribution in [0.2, 0.25) is 0 Å². The molecule has 0 atom stereocenters. The van der Waals surface area contributed by atoms with Crippen LogP contribution in [0.25, 0.3) is 22.4 Å². The van der Waals surface area contributed by atoms with Crippen molar-refractivity contribution in [3.63, 3.8) is 0 Å². The lowest BCUT2D eigenvalue weighted by Crippen LogP contribution is -2.31. The molecule has 0 unspecified atom stereocenters. The third kappa shape index (κ3) is 3.30. The molecule has 0 bridgehead atoms. The number of benzene rings is 1. The number of pyridine rings is 2. The van der Waals surface area contributed by atoms with Crippen LogP contribution >= 0.6 is 0 Å². The van der Waals surface area contributed by atoms with Gasteiger partial charge in [0.05, 0.1) is 11.4 Å². The van der Waals surface area contributed by atoms with Crippen molar-refractivity contribution in [2.24, 2.45) is 0 Å². The van der Waals surface area contributed by atoms with Crippen molar-refractivity contribution >= 4 is 16.7 Å². The molecule has 6 nitrogen and oxygen atoms in total. The van der Waals surface area contributed by atoms with Crippen molar-refractivity contribution in [2.45, 2.75) is 19.5 Å². The third-order valence-electron chi connectivity index (χ3n) is 5.09. The number of hydrogen-bond acceptors (Lipinski definition) is 6. The number of rotatable bonds is 3. The molecule has 5 rings (SSSR count). The Balaban J connectivity index is 1.34. The second kappa shape index (κ2) is 6.98. The van der Waals surface area contributed by atoms with Gasteiger partial charge in [-0.3, -0.25) is 4.90 Å². The monoisotopic (exact) mass is 368 g/mol. The van der Waals surface area contributed by atoms with E-state index in [0.29, 0.717) is 0 Å². The number of fused-ring (bicyclic) bond motifs is 2. The standard InChI is InChI=1S/C22H20N6/c23-18-6-3-16(4-7-18)22-25-12-17-13-28(11-9-20(17)27-22)14-19-8-5-15-2-1-10-24-21(15)26-19/h1-8,10,12H,9,11,13-14,23H2. The van der Waals surface area contributed by atoms with E-state index in [4.69, 9.17) is 15.7 Å². The minimum atomic E-state index is 0.745. The van der Waals surface area contributed by atoms with Crippen molar-refractivity contribution < 1.29 is 0 Å². The summed E-state index contributed by atoms with van der Waals surface area (Å²) in [7, 11) is 0. The van der Waals surface area contributed by atoms with Gasteiger partial charge in [-0.1, -0.05) is 0 Å². The summed E-state index contributed by atoms with van der Waals surface area (Å²) in [5, 5.41) is 1.07. The van der Waals surface area contributed by atoms with E-state index in [9.17, 15) is 0 Å². The van der Waals surface area contributed by atoms with Gasteiger partial charge in [0, 0.05) is 60.6 Å². The van der Waals surface area contributed by atoms with Crippen LogP contribution in [0.3, 0.4) is 0 Å². The minimum absolute atomic E-state index is 0.745. The lowest BCUT2D eigenvalue weighted by atomic mass is 10.1. The molecule has 4 heterocycles. The summed E-state index contributed by atoms with van der Waals surface area (Å²) in [6.45, 7) is 2.58. The first-order chi connectivity index (χ1) is 13.7. The van der Waals surface area contributed by atoms with Crippen molar-refractivity contribution in [3.8, 4) is 11.4 Å². The fraction of sp³-hybridized carbons (Fsp3) is 0.182. The van der Waals surface area contributed by atoms with Crippen LogP contribution in [-0.4, -0.2) is 31.4 Å². The molecule has 0 saturated carbocycles. The zero-order chi connectivity index (χ0) is 18.9. The molecule has 1 aliphatic rings. The van der Waals surface area contributed by atoms with Gasteiger partial charge in [0.15, 0.2) is 11.5 Å². The highest BCUT2D eigenvalue weighted by Crippen LogP contribution is 2.23. The molecule has 138 valence electrons. The quantitative estimate of drug-likeness (QED) is 0.559. The largest absolute Gasteiger partial charge is 0.399 e. The summed E-state index contributed by atoms with van der Waals surface area (Å²) in [4.78, 5) is 20.8. The van der Waals surface area contributed by atoms with Crippen molar-refractivity contribution in [1.29, 1.82) is 0 Å². The molecule has 6 heteroatoms. The van der Waals surface area contributed by atoms with Gasteiger partial charge >= 0.3 is 0 Å². The summed E-state index contributed by atoms with van der Waals surface area (Å²) in [6, 6.07) is 15.8. The number of nitrogens with zero attached hydrogens (tertiary/aromatic N) is 5. The normalized spacial score (nSPS) is 14.1. The zero-order valence-electron chi connectivity index (χ0n) is 15.4. The third-order valence-corrected chi connectivity index (χ3v) is 5.09. The van der Waals surface area contributed by atoms with Crippen LogP contribution in [0.4, 0.5) is 5.69 Å². The van der Waals surface area contributed by atoms with E-state index in [1.165, 1.54) is 5.56 Å². The van der Waals surface area contributed by atoms with E-state index in [0.717, 1.165) is 65.6 Å².